The monoisotopic (exact) mass is 268 g/mol. The average molecular weight is 268 g/mol. The second-order valence-corrected chi connectivity index (χ2v) is 4.93. The number of nitrogens with one attached hydrogen (secondary N) is 2. The molecule has 1 heterocycles. The van der Waals surface area contributed by atoms with Gasteiger partial charge < -0.3 is 15.4 Å². The molecule has 0 aliphatic heterocycles. The van der Waals surface area contributed by atoms with Gasteiger partial charge in [0.2, 0.25) is 5.91 Å². The predicted octanol–water partition coefficient (Wildman–Crippen LogP) is 2.49. The molecule has 3 aromatic rings. The number of aliphatic hydroxyl groups excluding tert-OH is 1. The lowest BCUT2D eigenvalue weighted by Gasteiger charge is -2.11. The minimum absolute atomic E-state index is 0.143. The van der Waals surface area contributed by atoms with Crippen LogP contribution in [0.25, 0.3) is 21.8 Å². The van der Waals surface area contributed by atoms with Crippen LogP contribution in [-0.4, -0.2) is 22.5 Å². The molecule has 0 unspecified atom stereocenters. The maximum atomic E-state index is 10.9. The Balaban J connectivity index is 1.98. The van der Waals surface area contributed by atoms with Gasteiger partial charge in [0.25, 0.3) is 0 Å². The Bertz CT molecular complexity index is 776. The molecule has 4 nitrogen and oxygen atoms in total. The van der Waals surface area contributed by atoms with Crippen LogP contribution in [0.3, 0.4) is 0 Å². The molecule has 0 saturated heterocycles. The van der Waals surface area contributed by atoms with Gasteiger partial charge >= 0.3 is 0 Å². The number of aromatic amines is 1. The fourth-order valence-electron chi connectivity index (χ4n) is 2.44. The zero-order valence-electron chi connectivity index (χ0n) is 11.2. The normalized spacial score (nSPS) is 12.7. The van der Waals surface area contributed by atoms with Gasteiger partial charge in [-0.25, -0.2) is 0 Å². The van der Waals surface area contributed by atoms with E-state index in [1.165, 1.54) is 12.3 Å². The Hall–Kier alpha value is -2.33. The van der Waals surface area contributed by atoms with E-state index in [0.717, 1.165) is 22.0 Å². The summed E-state index contributed by atoms with van der Waals surface area (Å²) in [7, 11) is 0. The van der Waals surface area contributed by atoms with Crippen molar-refractivity contribution >= 4 is 27.7 Å². The Labute approximate surface area is 116 Å². The van der Waals surface area contributed by atoms with Crippen LogP contribution in [0.15, 0.2) is 42.5 Å². The van der Waals surface area contributed by atoms with E-state index in [2.05, 4.69) is 16.4 Å². The number of H-pyrrole nitrogens is 1. The smallest absolute Gasteiger partial charge is 0.216 e. The number of rotatable bonds is 3. The van der Waals surface area contributed by atoms with Crippen molar-refractivity contribution in [2.75, 3.05) is 6.54 Å². The number of fused-ring (bicyclic) bond motifs is 3. The topological polar surface area (TPSA) is 65.1 Å². The highest BCUT2D eigenvalue weighted by atomic mass is 16.3. The van der Waals surface area contributed by atoms with Crippen molar-refractivity contribution in [3.63, 3.8) is 0 Å². The second-order valence-electron chi connectivity index (χ2n) is 4.93. The van der Waals surface area contributed by atoms with Crippen molar-refractivity contribution < 1.29 is 9.90 Å². The van der Waals surface area contributed by atoms with Crippen molar-refractivity contribution in [1.82, 2.24) is 10.3 Å². The van der Waals surface area contributed by atoms with E-state index in [1.807, 2.05) is 36.4 Å². The first kappa shape index (κ1) is 12.7. The van der Waals surface area contributed by atoms with Crippen molar-refractivity contribution in [3.8, 4) is 0 Å². The van der Waals surface area contributed by atoms with Gasteiger partial charge in [0.1, 0.15) is 0 Å². The number of aromatic nitrogens is 1. The average Bonchev–Trinajstić information content (AvgIpc) is 2.82. The van der Waals surface area contributed by atoms with E-state index in [9.17, 15) is 9.90 Å². The van der Waals surface area contributed by atoms with E-state index in [1.54, 1.807) is 0 Å². The summed E-state index contributed by atoms with van der Waals surface area (Å²) in [4.78, 5) is 14.2. The van der Waals surface area contributed by atoms with Crippen molar-refractivity contribution in [2.24, 2.45) is 0 Å². The molecule has 0 bridgehead atoms. The minimum Gasteiger partial charge on any atom is -0.387 e. The van der Waals surface area contributed by atoms with Crippen LogP contribution in [0.2, 0.25) is 0 Å². The minimum atomic E-state index is -0.699. The Morgan fingerprint density at radius 3 is 2.75 bits per heavy atom. The fraction of sp³-hybridized carbons (Fsp3) is 0.188. The summed E-state index contributed by atoms with van der Waals surface area (Å²) in [6, 6.07) is 13.9. The van der Waals surface area contributed by atoms with Crippen LogP contribution in [0.5, 0.6) is 0 Å². The lowest BCUT2D eigenvalue weighted by molar-refractivity contribution is -0.119. The standard InChI is InChI=1S/C16H16N2O2/c1-10(19)17-9-16(20)11-6-7-13-12-4-2-3-5-14(12)18-15(13)8-11/h2-8,16,18,20H,9H2,1H3,(H,17,19)/t16-/m0/s1. The lowest BCUT2D eigenvalue weighted by atomic mass is 10.1. The molecule has 0 saturated carbocycles. The number of amides is 1. The number of aliphatic hydroxyl groups is 1. The number of carbonyl (C=O) groups is 1. The van der Waals surface area contributed by atoms with E-state index in [4.69, 9.17) is 0 Å². The van der Waals surface area contributed by atoms with Crippen LogP contribution >= 0.6 is 0 Å². The summed E-state index contributed by atoms with van der Waals surface area (Å²) in [5, 5.41) is 15.0. The molecule has 0 aliphatic rings. The Morgan fingerprint density at radius 2 is 1.95 bits per heavy atom. The summed E-state index contributed by atoms with van der Waals surface area (Å²) in [5.74, 6) is -0.143. The summed E-state index contributed by atoms with van der Waals surface area (Å²) in [6.45, 7) is 1.66. The quantitative estimate of drug-likeness (QED) is 0.683. The van der Waals surface area contributed by atoms with E-state index in [0.29, 0.717) is 0 Å². The molecule has 3 rings (SSSR count). The zero-order valence-corrected chi connectivity index (χ0v) is 11.2. The molecule has 0 spiro atoms. The van der Waals surface area contributed by atoms with E-state index >= 15 is 0 Å². The maximum Gasteiger partial charge on any atom is 0.216 e. The first-order chi connectivity index (χ1) is 9.65. The zero-order chi connectivity index (χ0) is 14.1. The van der Waals surface area contributed by atoms with Gasteiger partial charge in [0.15, 0.2) is 0 Å². The highest BCUT2D eigenvalue weighted by Crippen LogP contribution is 2.27. The van der Waals surface area contributed by atoms with Crippen LogP contribution in [0, 0.1) is 0 Å². The summed E-state index contributed by atoms with van der Waals surface area (Å²) in [5.41, 5.74) is 2.86. The third kappa shape index (κ3) is 2.26. The number of benzene rings is 2. The third-order valence-corrected chi connectivity index (χ3v) is 3.46. The molecule has 20 heavy (non-hydrogen) atoms. The molecule has 4 heteroatoms. The van der Waals surface area contributed by atoms with E-state index < -0.39 is 6.10 Å². The van der Waals surface area contributed by atoms with Gasteiger partial charge in [-0.3, -0.25) is 4.79 Å². The molecular formula is C16H16N2O2. The van der Waals surface area contributed by atoms with Gasteiger partial charge in [-0.05, 0) is 17.7 Å². The molecule has 3 N–H and O–H groups in total. The number of carbonyl (C=O) groups excluding carboxylic acids is 1. The molecule has 102 valence electrons. The van der Waals surface area contributed by atoms with Gasteiger partial charge in [0, 0.05) is 35.3 Å². The predicted molar refractivity (Wildman–Crippen MR) is 79.4 cm³/mol. The number of hydrogen-bond acceptors (Lipinski definition) is 2. The molecule has 1 atom stereocenters. The summed E-state index contributed by atoms with van der Waals surface area (Å²) in [6.07, 6.45) is -0.699. The van der Waals surface area contributed by atoms with Crippen molar-refractivity contribution in [1.29, 1.82) is 0 Å². The molecule has 0 fully saturated rings. The molecular weight excluding hydrogens is 252 g/mol. The second kappa shape index (κ2) is 4.98. The highest BCUT2D eigenvalue weighted by molar-refractivity contribution is 6.07. The summed E-state index contributed by atoms with van der Waals surface area (Å²) >= 11 is 0. The molecule has 1 amide bonds. The van der Waals surface area contributed by atoms with Gasteiger partial charge in [0.05, 0.1) is 6.10 Å². The molecule has 2 aromatic carbocycles. The molecule has 1 aromatic heterocycles. The van der Waals surface area contributed by atoms with Crippen LogP contribution in [0.1, 0.15) is 18.6 Å². The van der Waals surface area contributed by atoms with Crippen LogP contribution in [-0.2, 0) is 4.79 Å². The van der Waals surface area contributed by atoms with Crippen molar-refractivity contribution in [3.05, 3.63) is 48.0 Å². The number of para-hydroxylation sites is 1. The third-order valence-electron chi connectivity index (χ3n) is 3.46. The molecule has 0 radical (unpaired) electrons. The summed E-state index contributed by atoms with van der Waals surface area (Å²) < 4.78 is 0. The van der Waals surface area contributed by atoms with Crippen LogP contribution in [0.4, 0.5) is 0 Å². The first-order valence-electron chi connectivity index (χ1n) is 6.58. The molecule has 0 aliphatic carbocycles. The van der Waals surface area contributed by atoms with Crippen LogP contribution < -0.4 is 5.32 Å². The largest absolute Gasteiger partial charge is 0.387 e. The van der Waals surface area contributed by atoms with Gasteiger partial charge in [-0.15, -0.1) is 0 Å². The maximum absolute atomic E-state index is 10.9. The SMILES string of the molecule is CC(=O)NC[C@H](O)c1ccc2c(c1)[nH]c1ccccc12. The number of hydrogen-bond donors (Lipinski definition) is 3. The fourth-order valence-corrected chi connectivity index (χ4v) is 2.44. The lowest BCUT2D eigenvalue weighted by Crippen LogP contribution is -2.25. The highest BCUT2D eigenvalue weighted by Gasteiger charge is 2.10. The van der Waals surface area contributed by atoms with E-state index in [-0.39, 0.29) is 12.5 Å². The van der Waals surface area contributed by atoms with Gasteiger partial charge in [-0.2, -0.15) is 0 Å². The van der Waals surface area contributed by atoms with Crippen molar-refractivity contribution in [2.45, 2.75) is 13.0 Å². The first-order valence-corrected chi connectivity index (χ1v) is 6.58. The Morgan fingerprint density at radius 1 is 1.20 bits per heavy atom. The van der Waals surface area contributed by atoms with Gasteiger partial charge in [-0.1, -0.05) is 30.3 Å². The Kier molecular flexibility index (Phi) is 3.16.